The number of benzene rings is 2. The highest BCUT2D eigenvalue weighted by Gasteiger charge is 2.32. The zero-order valence-electron chi connectivity index (χ0n) is 16.0. The first kappa shape index (κ1) is 19.5. The minimum absolute atomic E-state index is 0.0624. The lowest BCUT2D eigenvalue weighted by molar-refractivity contribution is -0.384. The van der Waals surface area contributed by atoms with E-state index in [1.165, 1.54) is 24.3 Å². The lowest BCUT2D eigenvalue weighted by Crippen LogP contribution is -2.46. The highest BCUT2D eigenvalue weighted by atomic mass is 16.6. The molecule has 0 aliphatic carbocycles. The fraction of sp³-hybridized carbons (Fsp3) is 0.300. The molecule has 8 nitrogen and oxygen atoms in total. The summed E-state index contributed by atoms with van der Waals surface area (Å²) in [6.45, 7) is 2.17. The second kappa shape index (κ2) is 7.77. The first-order valence-corrected chi connectivity index (χ1v) is 8.95. The van der Waals surface area contributed by atoms with E-state index in [1.807, 2.05) is 50.2 Å². The molecule has 8 heteroatoms. The number of nitrogens with zero attached hydrogens (tertiary/aromatic N) is 4. The molecule has 0 radical (unpaired) electrons. The minimum Gasteiger partial charge on any atom is -0.306 e. The molecule has 2 aromatic rings. The van der Waals surface area contributed by atoms with E-state index in [9.17, 15) is 19.7 Å². The number of nitro benzene ring substituents is 1. The smallest absolute Gasteiger partial charge is 0.269 e. The number of anilines is 2. The topological polar surface area (TPSA) is 87.0 Å². The summed E-state index contributed by atoms with van der Waals surface area (Å²) in [5, 5.41) is 10.8. The lowest BCUT2D eigenvalue weighted by atomic mass is 10.1. The maximum absolute atomic E-state index is 13.1. The van der Waals surface area contributed by atoms with E-state index in [0.717, 1.165) is 0 Å². The molecule has 0 N–H and O–H groups in total. The monoisotopic (exact) mass is 382 g/mol. The Hall–Kier alpha value is -3.26. The Kier molecular flexibility index (Phi) is 5.41. The van der Waals surface area contributed by atoms with Gasteiger partial charge in [0.1, 0.15) is 0 Å². The van der Waals surface area contributed by atoms with Gasteiger partial charge in [-0.3, -0.25) is 29.5 Å². The van der Waals surface area contributed by atoms with Gasteiger partial charge in [0, 0.05) is 30.7 Å². The average Bonchev–Trinajstić information content (AvgIpc) is 2.83. The van der Waals surface area contributed by atoms with Crippen LogP contribution in [0.3, 0.4) is 0 Å². The van der Waals surface area contributed by atoms with E-state index in [1.54, 1.807) is 9.80 Å². The van der Waals surface area contributed by atoms with Gasteiger partial charge >= 0.3 is 0 Å². The molecular weight excluding hydrogens is 360 g/mol. The van der Waals surface area contributed by atoms with Gasteiger partial charge in [-0.1, -0.05) is 12.1 Å². The van der Waals surface area contributed by atoms with Crippen molar-refractivity contribution in [1.29, 1.82) is 0 Å². The summed E-state index contributed by atoms with van der Waals surface area (Å²) in [4.78, 5) is 41.5. The SMILES string of the molecule is CC(N(C)C)N1C(=O)CCN(C(=O)c2ccc([N+](=O)[O-])cc2)c2ccccc21. The van der Waals surface area contributed by atoms with E-state index < -0.39 is 4.92 Å². The number of nitro groups is 1. The Morgan fingerprint density at radius 2 is 1.71 bits per heavy atom. The predicted octanol–water partition coefficient (Wildman–Crippen LogP) is 2.89. The molecule has 3 rings (SSSR count). The third-order valence-electron chi connectivity index (χ3n) is 4.94. The number of non-ortho nitro benzene ring substituents is 1. The van der Waals surface area contributed by atoms with Crippen molar-refractivity contribution in [2.45, 2.75) is 19.5 Å². The van der Waals surface area contributed by atoms with Crippen LogP contribution in [-0.2, 0) is 4.79 Å². The van der Waals surface area contributed by atoms with Crippen molar-refractivity contribution >= 4 is 28.9 Å². The summed E-state index contributed by atoms with van der Waals surface area (Å²) in [6, 6.07) is 12.8. The van der Waals surface area contributed by atoms with Gasteiger partial charge in [0.15, 0.2) is 0 Å². The van der Waals surface area contributed by atoms with E-state index >= 15 is 0 Å². The molecular formula is C20H22N4O4. The fourth-order valence-electron chi connectivity index (χ4n) is 3.21. The molecule has 0 fully saturated rings. The molecule has 0 saturated carbocycles. The maximum Gasteiger partial charge on any atom is 0.269 e. The van der Waals surface area contributed by atoms with Crippen LogP contribution in [0.2, 0.25) is 0 Å². The second-order valence-corrected chi connectivity index (χ2v) is 6.86. The van der Waals surface area contributed by atoms with Crippen LogP contribution in [0.25, 0.3) is 0 Å². The normalized spacial score (nSPS) is 15.2. The average molecular weight is 382 g/mol. The van der Waals surface area contributed by atoms with E-state index in [-0.39, 0.29) is 36.6 Å². The molecule has 1 heterocycles. The molecule has 1 unspecified atom stereocenters. The molecule has 0 bridgehead atoms. The van der Waals surface area contributed by atoms with Crippen LogP contribution in [0.5, 0.6) is 0 Å². The standard InChI is InChI=1S/C20H22N4O4/c1-14(21(2)3)23-18-7-5-4-6-17(18)22(13-12-19(23)25)20(26)15-8-10-16(11-9-15)24(27)28/h4-11,14H,12-13H2,1-3H3. The van der Waals surface area contributed by atoms with Crippen LogP contribution in [0.1, 0.15) is 23.7 Å². The first-order valence-electron chi connectivity index (χ1n) is 8.95. The Labute approximate surface area is 163 Å². The second-order valence-electron chi connectivity index (χ2n) is 6.86. The Morgan fingerprint density at radius 3 is 2.29 bits per heavy atom. The Balaban J connectivity index is 2.01. The van der Waals surface area contributed by atoms with Crippen molar-refractivity contribution < 1.29 is 14.5 Å². The number of carbonyl (C=O) groups excluding carboxylic acids is 2. The van der Waals surface area contributed by atoms with Gasteiger partial charge in [-0.15, -0.1) is 0 Å². The lowest BCUT2D eigenvalue weighted by Gasteiger charge is -2.34. The number of rotatable bonds is 4. The van der Waals surface area contributed by atoms with Crippen LogP contribution in [0, 0.1) is 10.1 Å². The largest absolute Gasteiger partial charge is 0.306 e. The highest BCUT2D eigenvalue weighted by molar-refractivity contribution is 6.11. The first-order chi connectivity index (χ1) is 13.3. The van der Waals surface area contributed by atoms with E-state index in [0.29, 0.717) is 16.9 Å². The zero-order valence-corrected chi connectivity index (χ0v) is 16.0. The summed E-state index contributed by atoms with van der Waals surface area (Å²) < 4.78 is 0. The number of fused-ring (bicyclic) bond motifs is 1. The summed E-state index contributed by atoms with van der Waals surface area (Å²) >= 11 is 0. The van der Waals surface area contributed by atoms with Crippen molar-refractivity contribution in [3.05, 3.63) is 64.2 Å². The van der Waals surface area contributed by atoms with Crippen molar-refractivity contribution in [2.24, 2.45) is 0 Å². The summed E-state index contributed by atoms with van der Waals surface area (Å²) in [7, 11) is 3.79. The van der Waals surface area contributed by atoms with Gasteiger partial charge in [-0.25, -0.2) is 0 Å². The third-order valence-corrected chi connectivity index (χ3v) is 4.94. The van der Waals surface area contributed by atoms with Gasteiger partial charge < -0.3 is 4.90 Å². The number of hydrogen-bond donors (Lipinski definition) is 0. The number of carbonyl (C=O) groups is 2. The molecule has 2 aromatic carbocycles. The summed E-state index contributed by atoms with van der Waals surface area (Å²) in [5.74, 6) is -0.359. The van der Waals surface area contributed by atoms with Gasteiger partial charge in [0.2, 0.25) is 5.91 Å². The quantitative estimate of drug-likeness (QED) is 0.599. The zero-order chi connectivity index (χ0) is 20.4. The molecule has 28 heavy (non-hydrogen) atoms. The highest BCUT2D eigenvalue weighted by Crippen LogP contribution is 2.35. The number of hydrogen-bond acceptors (Lipinski definition) is 5. The van der Waals surface area contributed by atoms with Crippen molar-refractivity contribution in [3.8, 4) is 0 Å². The predicted molar refractivity (Wildman–Crippen MR) is 106 cm³/mol. The molecule has 1 aliphatic heterocycles. The molecule has 1 atom stereocenters. The van der Waals surface area contributed by atoms with Gasteiger partial charge in [-0.2, -0.15) is 0 Å². The molecule has 0 aromatic heterocycles. The van der Waals surface area contributed by atoms with Crippen LogP contribution < -0.4 is 9.80 Å². The Morgan fingerprint density at radius 1 is 1.11 bits per heavy atom. The Bertz CT molecular complexity index is 911. The summed E-state index contributed by atoms with van der Waals surface area (Å²) in [6.07, 6.45) is 0.00839. The number of amides is 2. The van der Waals surface area contributed by atoms with Crippen molar-refractivity contribution in [1.82, 2.24) is 4.90 Å². The van der Waals surface area contributed by atoms with Crippen LogP contribution in [0.15, 0.2) is 48.5 Å². The number of para-hydroxylation sites is 2. The van der Waals surface area contributed by atoms with E-state index in [2.05, 4.69) is 0 Å². The van der Waals surface area contributed by atoms with Crippen LogP contribution >= 0.6 is 0 Å². The van der Waals surface area contributed by atoms with E-state index in [4.69, 9.17) is 0 Å². The van der Waals surface area contributed by atoms with Gasteiger partial charge in [0.05, 0.1) is 22.5 Å². The molecule has 0 spiro atoms. The molecule has 2 amide bonds. The minimum atomic E-state index is -0.505. The van der Waals surface area contributed by atoms with Crippen LogP contribution in [-0.4, -0.2) is 48.4 Å². The third kappa shape index (κ3) is 3.59. The van der Waals surface area contributed by atoms with Crippen LogP contribution in [0.4, 0.5) is 17.1 Å². The van der Waals surface area contributed by atoms with Gasteiger partial charge in [0.25, 0.3) is 11.6 Å². The van der Waals surface area contributed by atoms with Gasteiger partial charge in [-0.05, 0) is 45.3 Å². The maximum atomic E-state index is 13.1. The molecule has 0 saturated heterocycles. The molecule has 146 valence electrons. The molecule has 1 aliphatic rings. The fourth-order valence-corrected chi connectivity index (χ4v) is 3.21. The summed E-state index contributed by atoms with van der Waals surface area (Å²) in [5.41, 5.74) is 1.57. The van der Waals surface area contributed by atoms with Crippen molar-refractivity contribution in [3.63, 3.8) is 0 Å². The van der Waals surface area contributed by atoms with Crippen molar-refractivity contribution in [2.75, 3.05) is 30.4 Å².